The molecular weight excluding hydrogens is 189 g/mol. The molecular formula is C9H6FNO3. The molecule has 0 unspecified atom stereocenters. The Balaban J connectivity index is 3.16. The third-order valence-corrected chi connectivity index (χ3v) is 1.98. The molecule has 2 rings (SSSR count). The molecule has 14 heavy (non-hydrogen) atoms. The van der Waals surface area contributed by atoms with Crippen molar-refractivity contribution in [1.82, 2.24) is 4.98 Å². The van der Waals surface area contributed by atoms with Crippen molar-refractivity contribution in [2.24, 2.45) is 0 Å². The number of hydrogen-bond donors (Lipinski definition) is 1. The molecule has 0 spiro atoms. The summed E-state index contributed by atoms with van der Waals surface area (Å²) in [5.41, 5.74) is -0.150. The highest BCUT2D eigenvalue weighted by atomic mass is 19.1. The van der Waals surface area contributed by atoms with Gasteiger partial charge in [0.2, 0.25) is 0 Å². The molecule has 0 saturated heterocycles. The van der Waals surface area contributed by atoms with Gasteiger partial charge in [-0.05, 0) is 18.6 Å². The van der Waals surface area contributed by atoms with Gasteiger partial charge in [-0.25, -0.2) is 14.0 Å². The molecule has 0 fully saturated rings. The molecule has 0 aliphatic rings. The summed E-state index contributed by atoms with van der Waals surface area (Å²) >= 11 is 0. The molecule has 72 valence electrons. The number of benzene rings is 1. The smallest absolute Gasteiger partial charge is 0.372 e. The predicted octanol–water partition coefficient (Wildman–Crippen LogP) is 0.929. The fraction of sp³-hybridized carbons (Fsp3) is 0.111. The van der Waals surface area contributed by atoms with Gasteiger partial charge in [0.15, 0.2) is 0 Å². The van der Waals surface area contributed by atoms with E-state index in [1.54, 1.807) is 6.92 Å². The summed E-state index contributed by atoms with van der Waals surface area (Å²) < 4.78 is 17.4. The molecule has 1 N–H and O–H groups in total. The van der Waals surface area contributed by atoms with Crippen LogP contribution in [0.1, 0.15) is 5.56 Å². The first kappa shape index (κ1) is 8.68. The van der Waals surface area contributed by atoms with E-state index in [4.69, 9.17) is 0 Å². The van der Waals surface area contributed by atoms with Crippen molar-refractivity contribution in [3.05, 3.63) is 44.5 Å². The molecule has 2 aromatic rings. The summed E-state index contributed by atoms with van der Waals surface area (Å²) in [5, 5.41) is -0.218. The monoisotopic (exact) mass is 195 g/mol. The Morgan fingerprint density at radius 1 is 1.36 bits per heavy atom. The van der Waals surface area contributed by atoms with Crippen LogP contribution in [-0.4, -0.2) is 4.98 Å². The standard InChI is InChI=1S/C9H6FNO3/c1-4-2-3-5(10)6-7(4)11-9(13)14-8(6)12/h2-3H,1H3,(H,11,13). The summed E-state index contributed by atoms with van der Waals surface area (Å²) in [6.07, 6.45) is 0. The number of aromatic nitrogens is 1. The molecule has 0 saturated carbocycles. The number of H-pyrrole nitrogens is 1. The minimum Gasteiger partial charge on any atom is -0.372 e. The number of fused-ring (bicyclic) bond motifs is 1. The molecule has 4 nitrogen and oxygen atoms in total. The molecule has 1 aromatic heterocycles. The van der Waals surface area contributed by atoms with E-state index >= 15 is 0 Å². The van der Waals surface area contributed by atoms with Gasteiger partial charge in [-0.2, -0.15) is 0 Å². The van der Waals surface area contributed by atoms with Gasteiger partial charge in [0, 0.05) is 0 Å². The van der Waals surface area contributed by atoms with Gasteiger partial charge in [-0.1, -0.05) is 6.07 Å². The van der Waals surface area contributed by atoms with Gasteiger partial charge in [-0.15, -0.1) is 0 Å². The highest BCUT2D eigenvalue weighted by Crippen LogP contribution is 2.14. The Morgan fingerprint density at radius 3 is 2.79 bits per heavy atom. The summed E-state index contributed by atoms with van der Waals surface area (Å²) in [4.78, 5) is 24.2. The van der Waals surface area contributed by atoms with Gasteiger partial charge in [0.05, 0.1) is 5.52 Å². The van der Waals surface area contributed by atoms with E-state index in [-0.39, 0.29) is 10.9 Å². The molecule has 5 heteroatoms. The van der Waals surface area contributed by atoms with Crippen LogP contribution >= 0.6 is 0 Å². The zero-order valence-corrected chi connectivity index (χ0v) is 7.26. The molecule has 0 aliphatic heterocycles. The lowest BCUT2D eigenvalue weighted by Crippen LogP contribution is -2.16. The summed E-state index contributed by atoms with van der Waals surface area (Å²) in [6.45, 7) is 1.66. The number of rotatable bonds is 0. The molecule has 0 atom stereocenters. The number of hydrogen-bond acceptors (Lipinski definition) is 3. The fourth-order valence-corrected chi connectivity index (χ4v) is 1.30. The van der Waals surface area contributed by atoms with Crippen molar-refractivity contribution >= 4 is 10.9 Å². The lowest BCUT2D eigenvalue weighted by atomic mass is 10.1. The van der Waals surface area contributed by atoms with Crippen molar-refractivity contribution in [2.45, 2.75) is 6.92 Å². The molecule has 0 bridgehead atoms. The molecule has 1 aromatic carbocycles. The van der Waals surface area contributed by atoms with E-state index < -0.39 is 17.2 Å². The van der Waals surface area contributed by atoms with Crippen LogP contribution in [0.4, 0.5) is 4.39 Å². The van der Waals surface area contributed by atoms with Gasteiger partial charge in [-0.3, -0.25) is 4.98 Å². The third-order valence-electron chi connectivity index (χ3n) is 1.98. The van der Waals surface area contributed by atoms with Crippen LogP contribution in [0.2, 0.25) is 0 Å². The maximum absolute atomic E-state index is 13.2. The second kappa shape index (κ2) is 2.80. The Kier molecular flexibility index (Phi) is 1.73. The zero-order chi connectivity index (χ0) is 10.3. The van der Waals surface area contributed by atoms with Crippen LogP contribution in [-0.2, 0) is 0 Å². The third kappa shape index (κ3) is 1.14. The molecule has 0 radical (unpaired) electrons. The van der Waals surface area contributed by atoms with Crippen LogP contribution in [0.3, 0.4) is 0 Å². The average Bonchev–Trinajstić information content (AvgIpc) is 2.10. The topological polar surface area (TPSA) is 63.1 Å². The number of aromatic amines is 1. The van der Waals surface area contributed by atoms with Crippen LogP contribution in [0, 0.1) is 12.7 Å². The van der Waals surface area contributed by atoms with Crippen LogP contribution in [0.5, 0.6) is 0 Å². The quantitative estimate of drug-likeness (QED) is 0.680. The van der Waals surface area contributed by atoms with Gasteiger partial charge in [0.1, 0.15) is 11.2 Å². The normalized spacial score (nSPS) is 10.7. The SMILES string of the molecule is Cc1ccc(F)c2c(=O)oc(=O)[nH]c12. The van der Waals surface area contributed by atoms with Crippen LogP contribution in [0.25, 0.3) is 10.9 Å². The lowest BCUT2D eigenvalue weighted by molar-refractivity contribution is 0.456. The minimum atomic E-state index is -0.954. The highest BCUT2D eigenvalue weighted by Gasteiger charge is 2.09. The maximum Gasteiger partial charge on any atom is 0.419 e. The van der Waals surface area contributed by atoms with Crippen molar-refractivity contribution in [1.29, 1.82) is 0 Å². The second-order valence-electron chi connectivity index (χ2n) is 2.92. The van der Waals surface area contributed by atoms with E-state index in [2.05, 4.69) is 9.40 Å². The first-order chi connectivity index (χ1) is 6.59. The minimum absolute atomic E-state index is 0.186. The van der Waals surface area contributed by atoms with Gasteiger partial charge in [0.25, 0.3) is 0 Å². The number of aryl methyl sites for hydroxylation is 1. The first-order valence-electron chi connectivity index (χ1n) is 3.92. The van der Waals surface area contributed by atoms with Crippen LogP contribution < -0.4 is 11.4 Å². The van der Waals surface area contributed by atoms with E-state index in [0.717, 1.165) is 6.07 Å². The Morgan fingerprint density at radius 2 is 2.07 bits per heavy atom. The van der Waals surface area contributed by atoms with Crippen molar-refractivity contribution in [3.63, 3.8) is 0 Å². The lowest BCUT2D eigenvalue weighted by Gasteiger charge is -1.99. The summed E-state index contributed by atoms with van der Waals surface area (Å²) in [5.74, 6) is -1.58. The van der Waals surface area contributed by atoms with Crippen molar-refractivity contribution < 1.29 is 8.81 Å². The van der Waals surface area contributed by atoms with Crippen molar-refractivity contribution in [2.75, 3.05) is 0 Å². The number of halogens is 1. The van der Waals surface area contributed by atoms with E-state index in [1.165, 1.54) is 6.07 Å². The van der Waals surface area contributed by atoms with E-state index in [0.29, 0.717) is 5.56 Å². The fourth-order valence-electron chi connectivity index (χ4n) is 1.30. The number of nitrogens with one attached hydrogen (secondary N) is 1. The first-order valence-corrected chi connectivity index (χ1v) is 3.92. The zero-order valence-electron chi connectivity index (χ0n) is 7.26. The molecule has 0 amide bonds. The predicted molar refractivity (Wildman–Crippen MR) is 47.8 cm³/mol. The largest absolute Gasteiger partial charge is 0.419 e. The van der Waals surface area contributed by atoms with Gasteiger partial charge < -0.3 is 4.42 Å². The van der Waals surface area contributed by atoms with E-state index in [9.17, 15) is 14.0 Å². The molecule has 0 aliphatic carbocycles. The van der Waals surface area contributed by atoms with Crippen LogP contribution in [0.15, 0.2) is 26.1 Å². The molecule has 1 heterocycles. The van der Waals surface area contributed by atoms with Gasteiger partial charge >= 0.3 is 11.4 Å². The second-order valence-corrected chi connectivity index (χ2v) is 2.92. The van der Waals surface area contributed by atoms with Crippen molar-refractivity contribution in [3.8, 4) is 0 Å². The highest BCUT2D eigenvalue weighted by molar-refractivity contribution is 5.80. The Labute approximate surface area is 77.0 Å². The average molecular weight is 195 g/mol. The van der Waals surface area contributed by atoms with E-state index in [1.807, 2.05) is 0 Å². The Bertz CT molecular complexity index is 611. The summed E-state index contributed by atoms with van der Waals surface area (Å²) in [7, 11) is 0. The Hall–Kier alpha value is -1.91. The maximum atomic E-state index is 13.2. The summed E-state index contributed by atoms with van der Waals surface area (Å²) in [6, 6.07) is 2.64.